The molecule has 0 aromatic heterocycles. The number of hydrogen-bond acceptors (Lipinski definition) is 3. The van der Waals surface area contributed by atoms with Crippen LogP contribution < -0.4 is 10.6 Å². The van der Waals surface area contributed by atoms with Gasteiger partial charge in [0.2, 0.25) is 0 Å². The van der Waals surface area contributed by atoms with Crippen molar-refractivity contribution in [3.05, 3.63) is 59.7 Å². The molecule has 0 atom stereocenters. The van der Waals surface area contributed by atoms with Crippen LogP contribution in [0, 0.1) is 0 Å². The van der Waals surface area contributed by atoms with E-state index in [4.69, 9.17) is 10.8 Å². The maximum Gasteiger partial charge on any atom is 0.335 e. The second-order valence-corrected chi connectivity index (χ2v) is 4.58. The predicted molar refractivity (Wildman–Crippen MR) is 81.0 cm³/mol. The normalized spacial score (nSPS) is 10.2. The zero-order chi connectivity index (χ0) is 14.5. The molecule has 0 bridgehead atoms. The zero-order valence-corrected chi connectivity index (χ0v) is 11.4. The number of rotatable bonds is 5. The summed E-state index contributed by atoms with van der Waals surface area (Å²) in [6, 6.07) is 14.7. The Labute approximate surface area is 118 Å². The lowest BCUT2D eigenvalue weighted by Crippen LogP contribution is -2.23. The topological polar surface area (TPSA) is 66.6 Å². The summed E-state index contributed by atoms with van der Waals surface area (Å²) in [5, 5.41) is 8.89. The van der Waals surface area contributed by atoms with Gasteiger partial charge in [-0.25, -0.2) is 4.79 Å². The van der Waals surface area contributed by atoms with Crippen LogP contribution in [0.1, 0.15) is 22.8 Å². The van der Waals surface area contributed by atoms with E-state index in [1.807, 2.05) is 36.4 Å². The average molecular weight is 270 g/mol. The van der Waals surface area contributed by atoms with E-state index in [2.05, 4.69) is 11.8 Å². The number of anilines is 2. The minimum atomic E-state index is -0.906. The van der Waals surface area contributed by atoms with Crippen molar-refractivity contribution in [2.75, 3.05) is 17.2 Å². The number of carboxylic acid groups (broad SMARTS) is 1. The summed E-state index contributed by atoms with van der Waals surface area (Å²) in [7, 11) is 0. The first-order chi connectivity index (χ1) is 9.61. The standard InChI is InChI=1S/C16H18N2O2/c1-2-18(15-6-4-3-5-14(15)17)11-12-7-9-13(10-8-12)16(19)20/h3-10H,2,11,17H2,1H3,(H,19,20). The molecule has 0 unspecified atom stereocenters. The van der Waals surface area contributed by atoms with Crippen LogP contribution in [-0.2, 0) is 6.54 Å². The molecular weight excluding hydrogens is 252 g/mol. The number of nitrogens with two attached hydrogens (primary N) is 1. The molecule has 2 rings (SSSR count). The molecule has 104 valence electrons. The molecule has 0 aliphatic heterocycles. The highest BCUT2D eigenvalue weighted by Gasteiger charge is 2.09. The Morgan fingerprint density at radius 1 is 1.15 bits per heavy atom. The van der Waals surface area contributed by atoms with Gasteiger partial charge >= 0.3 is 5.97 Å². The highest BCUT2D eigenvalue weighted by molar-refractivity contribution is 5.87. The number of para-hydroxylation sites is 2. The number of benzene rings is 2. The molecule has 4 nitrogen and oxygen atoms in total. The number of nitrogens with zero attached hydrogens (tertiary/aromatic N) is 1. The first-order valence-corrected chi connectivity index (χ1v) is 6.53. The van der Waals surface area contributed by atoms with Crippen LogP contribution in [0.5, 0.6) is 0 Å². The number of nitrogen functional groups attached to an aromatic ring is 1. The molecular formula is C16H18N2O2. The molecule has 0 spiro atoms. The SMILES string of the molecule is CCN(Cc1ccc(C(=O)O)cc1)c1ccccc1N. The van der Waals surface area contributed by atoms with Gasteiger partial charge in [0.1, 0.15) is 0 Å². The van der Waals surface area contributed by atoms with Gasteiger partial charge < -0.3 is 15.7 Å². The molecule has 3 N–H and O–H groups in total. The van der Waals surface area contributed by atoms with Crippen molar-refractivity contribution in [3.8, 4) is 0 Å². The highest BCUT2D eigenvalue weighted by atomic mass is 16.4. The number of carbonyl (C=O) groups is 1. The second kappa shape index (κ2) is 6.10. The molecule has 0 radical (unpaired) electrons. The van der Waals surface area contributed by atoms with Gasteiger partial charge in [0.15, 0.2) is 0 Å². The van der Waals surface area contributed by atoms with Crippen molar-refractivity contribution in [1.82, 2.24) is 0 Å². The van der Waals surface area contributed by atoms with Gasteiger partial charge in [-0.05, 0) is 36.8 Å². The van der Waals surface area contributed by atoms with Gasteiger partial charge in [-0.2, -0.15) is 0 Å². The van der Waals surface area contributed by atoms with Crippen LogP contribution in [-0.4, -0.2) is 17.6 Å². The van der Waals surface area contributed by atoms with Gasteiger partial charge in [0, 0.05) is 13.1 Å². The summed E-state index contributed by atoms with van der Waals surface area (Å²) in [4.78, 5) is 13.0. The Morgan fingerprint density at radius 2 is 1.80 bits per heavy atom. The third-order valence-electron chi connectivity index (χ3n) is 3.23. The van der Waals surface area contributed by atoms with E-state index < -0.39 is 5.97 Å². The van der Waals surface area contributed by atoms with E-state index >= 15 is 0 Å². The number of hydrogen-bond donors (Lipinski definition) is 2. The Kier molecular flexibility index (Phi) is 4.25. The zero-order valence-electron chi connectivity index (χ0n) is 11.4. The number of aromatic carboxylic acids is 1. The van der Waals surface area contributed by atoms with E-state index in [-0.39, 0.29) is 0 Å². The van der Waals surface area contributed by atoms with Crippen molar-refractivity contribution in [2.24, 2.45) is 0 Å². The fraction of sp³-hybridized carbons (Fsp3) is 0.188. The fourth-order valence-corrected chi connectivity index (χ4v) is 2.12. The fourth-order valence-electron chi connectivity index (χ4n) is 2.12. The molecule has 20 heavy (non-hydrogen) atoms. The molecule has 0 aliphatic carbocycles. The Balaban J connectivity index is 2.18. The summed E-state index contributed by atoms with van der Waals surface area (Å²) in [6.45, 7) is 3.59. The monoisotopic (exact) mass is 270 g/mol. The van der Waals surface area contributed by atoms with E-state index in [1.54, 1.807) is 12.1 Å². The second-order valence-electron chi connectivity index (χ2n) is 4.58. The smallest absolute Gasteiger partial charge is 0.335 e. The first-order valence-electron chi connectivity index (χ1n) is 6.53. The summed E-state index contributed by atoms with van der Waals surface area (Å²) in [5.41, 5.74) is 9.10. The summed E-state index contributed by atoms with van der Waals surface area (Å²) < 4.78 is 0. The van der Waals surface area contributed by atoms with E-state index in [0.29, 0.717) is 12.1 Å². The Bertz CT molecular complexity index is 594. The lowest BCUT2D eigenvalue weighted by atomic mass is 10.1. The van der Waals surface area contributed by atoms with Crippen molar-refractivity contribution in [2.45, 2.75) is 13.5 Å². The van der Waals surface area contributed by atoms with Crippen molar-refractivity contribution in [3.63, 3.8) is 0 Å². The summed E-state index contributed by atoms with van der Waals surface area (Å²) >= 11 is 0. The minimum absolute atomic E-state index is 0.302. The summed E-state index contributed by atoms with van der Waals surface area (Å²) in [6.07, 6.45) is 0. The quantitative estimate of drug-likeness (QED) is 0.820. The van der Waals surface area contributed by atoms with Gasteiger partial charge in [0.25, 0.3) is 0 Å². The van der Waals surface area contributed by atoms with Crippen LogP contribution in [0.15, 0.2) is 48.5 Å². The van der Waals surface area contributed by atoms with E-state index in [0.717, 1.165) is 23.5 Å². The molecule has 0 amide bonds. The van der Waals surface area contributed by atoms with Crippen molar-refractivity contribution >= 4 is 17.3 Å². The third-order valence-corrected chi connectivity index (χ3v) is 3.23. The Hall–Kier alpha value is -2.49. The summed E-state index contributed by atoms with van der Waals surface area (Å²) in [5.74, 6) is -0.906. The lowest BCUT2D eigenvalue weighted by Gasteiger charge is -2.24. The van der Waals surface area contributed by atoms with Crippen molar-refractivity contribution in [1.29, 1.82) is 0 Å². The molecule has 0 heterocycles. The van der Waals surface area contributed by atoms with Crippen LogP contribution >= 0.6 is 0 Å². The molecule has 4 heteroatoms. The molecule has 0 aliphatic rings. The molecule has 2 aromatic carbocycles. The van der Waals surface area contributed by atoms with Crippen LogP contribution in [0.3, 0.4) is 0 Å². The molecule has 0 saturated carbocycles. The van der Waals surface area contributed by atoms with Gasteiger partial charge in [-0.3, -0.25) is 0 Å². The highest BCUT2D eigenvalue weighted by Crippen LogP contribution is 2.24. The lowest BCUT2D eigenvalue weighted by molar-refractivity contribution is 0.0697. The average Bonchev–Trinajstić information content (AvgIpc) is 2.46. The van der Waals surface area contributed by atoms with E-state index in [9.17, 15) is 4.79 Å². The first kappa shape index (κ1) is 13.9. The van der Waals surface area contributed by atoms with E-state index in [1.165, 1.54) is 0 Å². The molecule has 0 fully saturated rings. The van der Waals surface area contributed by atoms with Crippen LogP contribution in [0.4, 0.5) is 11.4 Å². The van der Waals surface area contributed by atoms with Gasteiger partial charge in [-0.1, -0.05) is 24.3 Å². The minimum Gasteiger partial charge on any atom is -0.478 e. The Morgan fingerprint density at radius 3 is 2.35 bits per heavy atom. The maximum absolute atomic E-state index is 10.8. The van der Waals surface area contributed by atoms with Gasteiger partial charge in [0.05, 0.1) is 16.9 Å². The molecule has 0 saturated heterocycles. The van der Waals surface area contributed by atoms with Crippen LogP contribution in [0.2, 0.25) is 0 Å². The van der Waals surface area contributed by atoms with Crippen molar-refractivity contribution < 1.29 is 9.90 Å². The third kappa shape index (κ3) is 3.09. The van der Waals surface area contributed by atoms with Gasteiger partial charge in [-0.15, -0.1) is 0 Å². The number of carboxylic acids is 1. The maximum atomic E-state index is 10.8. The predicted octanol–water partition coefficient (Wildman–Crippen LogP) is 2.99. The molecule has 2 aromatic rings. The van der Waals surface area contributed by atoms with Crippen LogP contribution in [0.25, 0.3) is 0 Å². The largest absolute Gasteiger partial charge is 0.478 e.